The van der Waals surface area contributed by atoms with Crippen LogP contribution in [0.25, 0.3) is 32.9 Å². The number of pyridine rings is 1. The molecule has 0 saturated carbocycles. The molecule has 202 valence electrons. The van der Waals surface area contributed by atoms with E-state index in [1.54, 1.807) is 18.3 Å². The first-order valence-electron chi connectivity index (χ1n) is 13.9. The number of nitrogens with zero attached hydrogens (tertiary/aromatic N) is 4. The zero-order chi connectivity index (χ0) is 26.6. The van der Waals surface area contributed by atoms with Gasteiger partial charge in [0.2, 0.25) is 0 Å². The van der Waals surface area contributed by atoms with Crippen molar-refractivity contribution in [2.75, 3.05) is 38.1 Å². The van der Waals surface area contributed by atoms with Gasteiger partial charge in [0.1, 0.15) is 29.4 Å². The van der Waals surface area contributed by atoms with E-state index in [0.29, 0.717) is 29.3 Å². The average Bonchev–Trinajstić information content (AvgIpc) is 3.64. The average molecular weight is 529 g/mol. The Hall–Kier alpha value is -3.56. The second-order valence-corrected chi connectivity index (χ2v) is 11.3. The van der Waals surface area contributed by atoms with Crippen LogP contribution in [-0.2, 0) is 0 Å². The number of ether oxygens (including phenoxy) is 1. The second-order valence-electron chi connectivity index (χ2n) is 11.3. The number of phenols is 1. The number of phenolic OH excluding ortho intramolecular Hbond substituents is 1. The summed E-state index contributed by atoms with van der Waals surface area (Å²) in [5.74, 6) is 0.414. The molecule has 0 unspecified atom stereocenters. The first-order valence-corrected chi connectivity index (χ1v) is 13.9. The zero-order valence-corrected chi connectivity index (χ0v) is 22.1. The van der Waals surface area contributed by atoms with Gasteiger partial charge < -0.3 is 20.5 Å². The van der Waals surface area contributed by atoms with Crippen LogP contribution in [0.2, 0.25) is 0 Å². The third kappa shape index (κ3) is 4.24. The predicted octanol–water partition coefficient (Wildman–Crippen LogP) is 4.72. The molecule has 3 N–H and O–H groups in total. The maximum atomic E-state index is 16.4. The summed E-state index contributed by atoms with van der Waals surface area (Å²) in [5, 5.41) is 19.4. The van der Waals surface area contributed by atoms with Gasteiger partial charge in [-0.2, -0.15) is 9.97 Å². The fourth-order valence-corrected chi connectivity index (χ4v) is 6.73. The number of rotatable bonds is 6. The van der Waals surface area contributed by atoms with E-state index in [1.807, 2.05) is 24.3 Å². The van der Waals surface area contributed by atoms with Gasteiger partial charge in [0, 0.05) is 24.3 Å². The van der Waals surface area contributed by atoms with E-state index >= 15 is 4.39 Å². The Bertz CT molecular complexity index is 1550. The van der Waals surface area contributed by atoms with Gasteiger partial charge in [0.05, 0.1) is 10.9 Å². The van der Waals surface area contributed by atoms with Crippen LogP contribution in [0.4, 0.5) is 10.2 Å². The molecule has 0 aliphatic carbocycles. The molecule has 2 aromatic carbocycles. The van der Waals surface area contributed by atoms with Gasteiger partial charge in [-0.1, -0.05) is 31.2 Å². The van der Waals surface area contributed by atoms with Crippen molar-refractivity contribution in [3.05, 3.63) is 48.4 Å². The standard InChI is InChI=1S/C30H33FN6O2/c1-18-14-32-16-24(18)34-28-23-15-33-26(22-13-20(38)12-19-6-2-3-7-21(19)22)25(31)27(23)35-29(36-28)39-17-30-8-4-10-37(30)11-5-9-30/h2-3,6-7,12-13,15,18,24,32,38H,4-5,8-11,14,16-17H2,1H3,(H,34,35,36)/t18-,24-/m0/s1. The summed E-state index contributed by atoms with van der Waals surface area (Å²) in [6, 6.07) is 11.1. The first kappa shape index (κ1) is 24.5. The van der Waals surface area contributed by atoms with Crippen LogP contribution in [-0.4, -0.2) is 69.3 Å². The fourth-order valence-electron chi connectivity index (χ4n) is 6.73. The molecule has 3 aliphatic rings. The van der Waals surface area contributed by atoms with Gasteiger partial charge in [-0.25, -0.2) is 4.39 Å². The summed E-state index contributed by atoms with van der Waals surface area (Å²) >= 11 is 0. The van der Waals surface area contributed by atoms with Crippen molar-refractivity contribution < 1.29 is 14.2 Å². The lowest BCUT2D eigenvalue weighted by molar-refractivity contribution is 0.108. The van der Waals surface area contributed by atoms with Gasteiger partial charge in [-0.3, -0.25) is 9.88 Å². The topological polar surface area (TPSA) is 95.4 Å². The number of benzene rings is 2. The van der Waals surface area contributed by atoms with Crippen molar-refractivity contribution in [3.8, 4) is 23.0 Å². The summed E-state index contributed by atoms with van der Waals surface area (Å²) in [6.45, 7) is 6.58. The minimum absolute atomic E-state index is 0.0260. The fraction of sp³-hybridized carbons (Fsp3) is 0.433. The molecule has 3 saturated heterocycles. The minimum atomic E-state index is -0.558. The van der Waals surface area contributed by atoms with Crippen LogP contribution in [0.3, 0.4) is 0 Å². The molecule has 0 spiro atoms. The summed E-state index contributed by atoms with van der Waals surface area (Å²) in [5.41, 5.74) is 0.835. The zero-order valence-electron chi connectivity index (χ0n) is 22.1. The highest BCUT2D eigenvalue weighted by molar-refractivity contribution is 5.99. The van der Waals surface area contributed by atoms with Gasteiger partial charge in [-0.15, -0.1) is 0 Å². The van der Waals surface area contributed by atoms with Gasteiger partial charge in [0.25, 0.3) is 0 Å². The first-order chi connectivity index (χ1) is 19.0. The Labute approximate surface area is 226 Å². The molecular formula is C30H33FN6O2. The number of fused-ring (bicyclic) bond motifs is 3. The highest BCUT2D eigenvalue weighted by Gasteiger charge is 2.45. The van der Waals surface area contributed by atoms with E-state index in [1.165, 1.54) is 12.8 Å². The third-order valence-corrected chi connectivity index (χ3v) is 8.89. The van der Waals surface area contributed by atoms with E-state index in [9.17, 15) is 5.11 Å². The van der Waals surface area contributed by atoms with E-state index in [2.05, 4.69) is 32.4 Å². The van der Waals surface area contributed by atoms with Crippen molar-refractivity contribution in [2.24, 2.45) is 5.92 Å². The lowest BCUT2D eigenvalue weighted by atomic mass is 9.95. The molecular weight excluding hydrogens is 495 g/mol. The van der Waals surface area contributed by atoms with E-state index in [4.69, 9.17) is 9.72 Å². The summed E-state index contributed by atoms with van der Waals surface area (Å²) in [7, 11) is 0. The lowest BCUT2D eigenvalue weighted by Gasteiger charge is -2.31. The van der Waals surface area contributed by atoms with E-state index in [0.717, 1.165) is 49.8 Å². The predicted molar refractivity (Wildman–Crippen MR) is 150 cm³/mol. The summed E-state index contributed by atoms with van der Waals surface area (Å²) < 4.78 is 22.7. The maximum Gasteiger partial charge on any atom is 0.319 e. The van der Waals surface area contributed by atoms with E-state index in [-0.39, 0.29) is 34.6 Å². The Morgan fingerprint density at radius 2 is 1.95 bits per heavy atom. The second kappa shape index (κ2) is 9.57. The van der Waals surface area contributed by atoms with Gasteiger partial charge >= 0.3 is 6.01 Å². The van der Waals surface area contributed by atoms with Crippen molar-refractivity contribution in [2.45, 2.75) is 44.2 Å². The lowest BCUT2D eigenvalue weighted by Crippen LogP contribution is -2.43. The molecule has 0 amide bonds. The molecule has 4 aromatic rings. The monoisotopic (exact) mass is 528 g/mol. The van der Waals surface area contributed by atoms with Crippen molar-refractivity contribution in [1.82, 2.24) is 25.2 Å². The van der Waals surface area contributed by atoms with Crippen molar-refractivity contribution >= 4 is 27.5 Å². The molecule has 8 nitrogen and oxygen atoms in total. The number of nitrogens with one attached hydrogen (secondary N) is 2. The Morgan fingerprint density at radius 3 is 2.74 bits per heavy atom. The molecule has 2 aromatic heterocycles. The molecule has 5 heterocycles. The number of hydrogen-bond acceptors (Lipinski definition) is 8. The van der Waals surface area contributed by atoms with E-state index < -0.39 is 5.82 Å². The maximum absolute atomic E-state index is 16.4. The number of aromatic hydroxyl groups is 1. The Morgan fingerprint density at radius 1 is 1.13 bits per heavy atom. The van der Waals surface area contributed by atoms with Gasteiger partial charge in [0.15, 0.2) is 5.82 Å². The Balaban J connectivity index is 1.33. The SMILES string of the molecule is C[C@H]1CNC[C@@H]1Nc1nc(OCC23CCCN2CCC3)nc2c(F)c(-c3cc(O)cc4ccccc34)ncc12. The molecule has 7 rings (SSSR count). The molecule has 3 fully saturated rings. The van der Waals surface area contributed by atoms with Crippen LogP contribution in [0.15, 0.2) is 42.6 Å². The molecule has 39 heavy (non-hydrogen) atoms. The van der Waals surface area contributed by atoms with Crippen LogP contribution in [0, 0.1) is 11.7 Å². The molecule has 2 atom stereocenters. The summed E-state index contributed by atoms with van der Waals surface area (Å²) in [4.78, 5) is 16.4. The van der Waals surface area contributed by atoms with Crippen LogP contribution in [0.5, 0.6) is 11.8 Å². The highest BCUT2D eigenvalue weighted by atomic mass is 19.1. The van der Waals surface area contributed by atoms with Crippen LogP contribution in [0.1, 0.15) is 32.6 Å². The molecule has 0 bridgehead atoms. The summed E-state index contributed by atoms with van der Waals surface area (Å²) in [6.07, 6.45) is 6.17. The smallest absolute Gasteiger partial charge is 0.319 e. The Kier molecular flexibility index (Phi) is 6.01. The van der Waals surface area contributed by atoms with Crippen LogP contribution >= 0.6 is 0 Å². The number of halogens is 1. The van der Waals surface area contributed by atoms with Crippen LogP contribution < -0.4 is 15.4 Å². The number of hydrogen-bond donors (Lipinski definition) is 3. The highest BCUT2D eigenvalue weighted by Crippen LogP contribution is 2.40. The normalized spacial score (nSPS) is 22.5. The van der Waals surface area contributed by atoms with Gasteiger partial charge in [-0.05, 0) is 74.1 Å². The third-order valence-electron chi connectivity index (χ3n) is 8.89. The molecule has 0 radical (unpaired) electrons. The minimum Gasteiger partial charge on any atom is -0.508 e. The largest absolute Gasteiger partial charge is 0.508 e. The number of aromatic nitrogens is 3. The quantitative estimate of drug-likeness (QED) is 0.331. The molecule has 3 aliphatic heterocycles. The number of anilines is 1. The van der Waals surface area contributed by atoms with Crippen molar-refractivity contribution in [3.63, 3.8) is 0 Å². The van der Waals surface area contributed by atoms with Crippen molar-refractivity contribution in [1.29, 1.82) is 0 Å². The molecule has 9 heteroatoms.